The van der Waals surface area contributed by atoms with Gasteiger partial charge in [0.2, 0.25) is 17.7 Å². The molecule has 3 amide bonds. The summed E-state index contributed by atoms with van der Waals surface area (Å²) in [6, 6.07) is 4.55. The van der Waals surface area contributed by atoms with E-state index in [9.17, 15) is 14.4 Å². The van der Waals surface area contributed by atoms with Crippen molar-refractivity contribution in [3.05, 3.63) is 36.0 Å². The molecule has 1 aliphatic heterocycles. The summed E-state index contributed by atoms with van der Waals surface area (Å²) in [6.07, 6.45) is 5.47. The van der Waals surface area contributed by atoms with Gasteiger partial charge in [0.25, 0.3) is 0 Å². The van der Waals surface area contributed by atoms with Gasteiger partial charge in [0.05, 0.1) is 11.8 Å². The molecule has 0 spiro atoms. The summed E-state index contributed by atoms with van der Waals surface area (Å²) in [6.45, 7) is 5.79. The molecule has 6 nitrogen and oxygen atoms in total. The second kappa shape index (κ2) is 7.40. The van der Waals surface area contributed by atoms with Crippen molar-refractivity contribution < 1.29 is 14.4 Å². The van der Waals surface area contributed by atoms with Crippen molar-refractivity contribution in [1.29, 1.82) is 0 Å². The number of aryl methyl sites for hydroxylation is 1. The van der Waals surface area contributed by atoms with Gasteiger partial charge in [-0.2, -0.15) is 0 Å². The standard InChI is InChI=1S/C20H25N3O3/c1-12(2)11-16(18(24)22-17-10-6-7-13(3)21-17)23-19(25)14-8-4-5-9-15(14)20(23)26/h4-7,10,12,14-16H,8-9,11H2,1-3H3,(H,21,22,24). The molecular formula is C20H25N3O3. The number of carbonyl (C=O) groups is 3. The number of nitrogens with one attached hydrogen (secondary N) is 1. The van der Waals surface area contributed by atoms with Crippen LogP contribution in [0.2, 0.25) is 0 Å². The lowest BCUT2D eigenvalue weighted by Crippen LogP contribution is -2.48. The molecule has 3 atom stereocenters. The van der Waals surface area contributed by atoms with Crippen molar-refractivity contribution in [3.8, 4) is 0 Å². The molecule has 0 radical (unpaired) electrons. The van der Waals surface area contributed by atoms with Gasteiger partial charge in [0.1, 0.15) is 11.9 Å². The summed E-state index contributed by atoms with van der Waals surface area (Å²) in [5.41, 5.74) is 0.786. The van der Waals surface area contributed by atoms with E-state index in [4.69, 9.17) is 0 Å². The molecule has 3 unspecified atom stereocenters. The zero-order valence-corrected chi connectivity index (χ0v) is 15.4. The molecule has 2 aliphatic rings. The van der Waals surface area contributed by atoms with Gasteiger partial charge in [-0.05, 0) is 44.2 Å². The van der Waals surface area contributed by atoms with E-state index in [0.717, 1.165) is 5.69 Å². The maximum Gasteiger partial charge on any atom is 0.248 e. The number of hydrogen-bond donors (Lipinski definition) is 1. The lowest BCUT2D eigenvalue weighted by atomic mass is 9.85. The third kappa shape index (κ3) is 3.54. The van der Waals surface area contributed by atoms with Gasteiger partial charge in [-0.3, -0.25) is 19.3 Å². The monoisotopic (exact) mass is 355 g/mol. The number of fused-ring (bicyclic) bond motifs is 1. The first-order valence-corrected chi connectivity index (χ1v) is 9.15. The Balaban J connectivity index is 1.84. The highest BCUT2D eigenvalue weighted by Crippen LogP contribution is 2.37. The van der Waals surface area contributed by atoms with Crippen molar-refractivity contribution in [2.24, 2.45) is 17.8 Å². The summed E-state index contributed by atoms with van der Waals surface area (Å²) in [5.74, 6) is -0.853. The Labute approximate surface area is 153 Å². The van der Waals surface area contributed by atoms with Crippen molar-refractivity contribution >= 4 is 23.5 Å². The maximum atomic E-state index is 12.9. The maximum absolute atomic E-state index is 12.9. The van der Waals surface area contributed by atoms with Crippen LogP contribution in [0.1, 0.15) is 38.8 Å². The zero-order chi connectivity index (χ0) is 18.8. The van der Waals surface area contributed by atoms with E-state index in [0.29, 0.717) is 25.1 Å². The summed E-state index contributed by atoms with van der Waals surface area (Å²) in [5, 5.41) is 2.78. The number of aromatic nitrogens is 1. The molecule has 138 valence electrons. The highest BCUT2D eigenvalue weighted by molar-refractivity contribution is 6.10. The van der Waals surface area contributed by atoms with Gasteiger partial charge in [0, 0.05) is 5.69 Å². The van der Waals surface area contributed by atoms with E-state index >= 15 is 0 Å². The first-order chi connectivity index (χ1) is 12.4. The second-order valence-electron chi connectivity index (χ2n) is 7.50. The van der Waals surface area contributed by atoms with Crippen molar-refractivity contribution in [2.75, 3.05) is 5.32 Å². The molecule has 0 bridgehead atoms. The number of carbonyl (C=O) groups excluding carboxylic acids is 3. The number of likely N-dealkylation sites (tertiary alicyclic amines) is 1. The van der Waals surface area contributed by atoms with Crippen LogP contribution in [0.4, 0.5) is 5.82 Å². The number of amides is 3. The van der Waals surface area contributed by atoms with Gasteiger partial charge in [-0.1, -0.05) is 32.1 Å². The van der Waals surface area contributed by atoms with Crippen LogP contribution in [0.5, 0.6) is 0 Å². The average Bonchev–Trinajstić information content (AvgIpc) is 2.84. The molecule has 0 aromatic carbocycles. The van der Waals surface area contributed by atoms with Crippen LogP contribution in [0, 0.1) is 24.7 Å². The highest BCUT2D eigenvalue weighted by atomic mass is 16.2. The van der Waals surface area contributed by atoms with Crippen molar-refractivity contribution in [1.82, 2.24) is 9.88 Å². The largest absolute Gasteiger partial charge is 0.309 e. The van der Waals surface area contributed by atoms with Crippen LogP contribution in [-0.2, 0) is 14.4 Å². The molecule has 6 heteroatoms. The molecular weight excluding hydrogens is 330 g/mol. The lowest BCUT2D eigenvalue weighted by Gasteiger charge is -2.27. The van der Waals surface area contributed by atoms with Crippen molar-refractivity contribution in [2.45, 2.75) is 46.1 Å². The molecule has 3 rings (SSSR count). The first kappa shape index (κ1) is 18.3. The quantitative estimate of drug-likeness (QED) is 0.650. The molecule has 1 N–H and O–H groups in total. The first-order valence-electron chi connectivity index (χ1n) is 9.15. The van der Waals surface area contributed by atoms with E-state index in [1.54, 1.807) is 6.07 Å². The van der Waals surface area contributed by atoms with Crippen LogP contribution in [0.15, 0.2) is 30.4 Å². The van der Waals surface area contributed by atoms with E-state index < -0.39 is 6.04 Å². The van der Waals surface area contributed by atoms with Crippen molar-refractivity contribution in [3.63, 3.8) is 0 Å². The summed E-state index contributed by atoms with van der Waals surface area (Å²) in [4.78, 5) is 44.1. The van der Waals surface area contributed by atoms with Crippen LogP contribution >= 0.6 is 0 Å². The number of hydrogen-bond acceptors (Lipinski definition) is 4. The fourth-order valence-corrected chi connectivity index (χ4v) is 3.73. The molecule has 1 aromatic heterocycles. The predicted molar refractivity (Wildman–Crippen MR) is 98.1 cm³/mol. The van der Waals surface area contributed by atoms with E-state index in [1.807, 2.05) is 45.1 Å². The third-order valence-electron chi connectivity index (χ3n) is 4.99. The summed E-state index contributed by atoms with van der Waals surface area (Å²) in [7, 11) is 0. The average molecular weight is 355 g/mol. The van der Waals surface area contributed by atoms with Crippen LogP contribution < -0.4 is 5.32 Å². The number of pyridine rings is 1. The number of anilines is 1. The zero-order valence-electron chi connectivity index (χ0n) is 15.4. The van der Waals surface area contributed by atoms with Gasteiger partial charge in [-0.25, -0.2) is 4.98 Å². The molecule has 1 aliphatic carbocycles. The fraction of sp³-hybridized carbons (Fsp3) is 0.500. The molecule has 1 fully saturated rings. The molecule has 0 saturated carbocycles. The van der Waals surface area contributed by atoms with Gasteiger partial charge in [0.15, 0.2) is 0 Å². The minimum atomic E-state index is -0.803. The van der Waals surface area contributed by atoms with E-state index in [1.165, 1.54) is 4.90 Å². The molecule has 1 aromatic rings. The summed E-state index contributed by atoms with van der Waals surface area (Å²) >= 11 is 0. The number of nitrogens with zero attached hydrogens (tertiary/aromatic N) is 2. The predicted octanol–water partition coefficient (Wildman–Crippen LogP) is 2.69. The van der Waals surface area contributed by atoms with Crippen LogP contribution in [0.3, 0.4) is 0 Å². The SMILES string of the molecule is Cc1cccc(NC(=O)C(CC(C)C)N2C(=O)C3CC=CCC3C2=O)n1. The van der Waals surface area contributed by atoms with E-state index in [-0.39, 0.29) is 35.5 Å². The number of imide groups is 1. The Hall–Kier alpha value is -2.50. The normalized spacial score (nSPS) is 23.3. The smallest absolute Gasteiger partial charge is 0.248 e. The summed E-state index contributed by atoms with van der Waals surface area (Å²) < 4.78 is 0. The Bertz CT molecular complexity index is 730. The minimum absolute atomic E-state index is 0.164. The fourth-order valence-electron chi connectivity index (χ4n) is 3.73. The second-order valence-corrected chi connectivity index (χ2v) is 7.50. The molecule has 26 heavy (non-hydrogen) atoms. The molecule has 2 heterocycles. The van der Waals surface area contributed by atoms with Gasteiger partial charge < -0.3 is 5.32 Å². The number of rotatable bonds is 5. The Morgan fingerprint density at radius 2 is 1.81 bits per heavy atom. The number of allylic oxidation sites excluding steroid dienone is 2. The lowest BCUT2D eigenvalue weighted by molar-refractivity contribution is -0.147. The van der Waals surface area contributed by atoms with Gasteiger partial charge >= 0.3 is 0 Å². The highest BCUT2D eigenvalue weighted by Gasteiger charge is 2.51. The Morgan fingerprint density at radius 3 is 2.35 bits per heavy atom. The third-order valence-corrected chi connectivity index (χ3v) is 4.99. The van der Waals surface area contributed by atoms with Crippen LogP contribution in [0.25, 0.3) is 0 Å². The van der Waals surface area contributed by atoms with Gasteiger partial charge in [-0.15, -0.1) is 0 Å². The topological polar surface area (TPSA) is 79.4 Å². The van der Waals surface area contributed by atoms with Crippen LogP contribution in [-0.4, -0.2) is 33.6 Å². The Morgan fingerprint density at radius 1 is 1.19 bits per heavy atom. The Kier molecular flexibility index (Phi) is 5.20. The minimum Gasteiger partial charge on any atom is -0.309 e. The van der Waals surface area contributed by atoms with E-state index in [2.05, 4.69) is 10.3 Å². The molecule has 1 saturated heterocycles.